The van der Waals surface area contributed by atoms with E-state index in [1.807, 2.05) is 43.3 Å². The van der Waals surface area contributed by atoms with Crippen LogP contribution >= 0.6 is 0 Å². The third-order valence-electron chi connectivity index (χ3n) is 4.39. The Bertz CT molecular complexity index is 905. The highest BCUT2D eigenvalue weighted by atomic mass is 16.5. The predicted octanol–water partition coefficient (Wildman–Crippen LogP) is 4.90. The van der Waals surface area contributed by atoms with Crippen molar-refractivity contribution in [3.05, 3.63) is 70.8 Å². The number of hydrogen-bond donors (Lipinski definition) is 1. The molecule has 0 amide bonds. The van der Waals surface area contributed by atoms with Crippen molar-refractivity contribution in [2.45, 2.75) is 46.6 Å². The third-order valence-corrected chi connectivity index (χ3v) is 4.39. The van der Waals surface area contributed by atoms with Gasteiger partial charge >= 0.3 is 5.97 Å². The smallest absolute Gasteiger partial charge is 0.379 e. The highest BCUT2D eigenvalue weighted by Gasteiger charge is 2.22. The molecule has 0 spiro atoms. The number of carbonyl (C=O) groups excluding carboxylic acids is 2. The Balaban J connectivity index is 2.45. The highest BCUT2D eigenvalue weighted by Crippen LogP contribution is 2.34. The zero-order valence-electron chi connectivity index (χ0n) is 17.6. The molecule has 5 heteroatoms. The molecule has 0 heterocycles. The Morgan fingerprint density at radius 3 is 2.34 bits per heavy atom. The van der Waals surface area contributed by atoms with E-state index in [0.29, 0.717) is 17.9 Å². The number of aryl methyl sites for hydroxylation is 1. The van der Waals surface area contributed by atoms with Gasteiger partial charge in [0.15, 0.2) is 0 Å². The van der Waals surface area contributed by atoms with Crippen molar-refractivity contribution in [2.24, 2.45) is 0 Å². The number of benzene rings is 2. The topological polar surface area (TPSA) is 72.8 Å². The quantitative estimate of drug-likeness (QED) is 0.312. The van der Waals surface area contributed by atoms with Gasteiger partial charge in [-0.15, -0.1) is 0 Å². The number of aliphatic hydroxyl groups excluding tert-OH is 1. The fraction of sp³-hybridized carbons (Fsp3) is 0.333. The van der Waals surface area contributed by atoms with Crippen LogP contribution in [0.2, 0.25) is 0 Å². The monoisotopic (exact) mass is 396 g/mol. The van der Waals surface area contributed by atoms with E-state index in [4.69, 9.17) is 9.47 Å². The molecule has 0 aromatic heterocycles. The van der Waals surface area contributed by atoms with E-state index in [2.05, 4.69) is 20.8 Å². The van der Waals surface area contributed by atoms with E-state index in [-0.39, 0.29) is 17.8 Å². The van der Waals surface area contributed by atoms with Crippen molar-refractivity contribution in [3.8, 4) is 5.75 Å². The molecule has 29 heavy (non-hydrogen) atoms. The molecule has 0 radical (unpaired) electrons. The van der Waals surface area contributed by atoms with E-state index in [0.717, 1.165) is 22.8 Å². The van der Waals surface area contributed by atoms with Gasteiger partial charge in [0.2, 0.25) is 0 Å². The number of ketones is 1. The van der Waals surface area contributed by atoms with Crippen molar-refractivity contribution in [2.75, 3.05) is 6.61 Å². The largest absolute Gasteiger partial charge is 0.507 e. The number of rotatable bonds is 7. The van der Waals surface area contributed by atoms with Crippen molar-refractivity contribution in [1.29, 1.82) is 0 Å². The van der Waals surface area contributed by atoms with Gasteiger partial charge in [-0.3, -0.25) is 4.79 Å². The predicted molar refractivity (Wildman–Crippen MR) is 113 cm³/mol. The summed E-state index contributed by atoms with van der Waals surface area (Å²) in [6.07, 6.45) is 0.879. The minimum absolute atomic E-state index is 0.0866. The van der Waals surface area contributed by atoms with Gasteiger partial charge in [-0.2, -0.15) is 0 Å². The summed E-state index contributed by atoms with van der Waals surface area (Å²) in [5.74, 6) is -1.83. The van der Waals surface area contributed by atoms with Crippen LogP contribution in [0.25, 0.3) is 5.76 Å². The van der Waals surface area contributed by atoms with E-state index in [9.17, 15) is 14.7 Å². The van der Waals surface area contributed by atoms with Crippen LogP contribution in [0.4, 0.5) is 0 Å². The second-order valence-corrected chi connectivity index (χ2v) is 7.80. The molecule has 0 aliphatic rings. The Morgan fingerprint density at radius 1 is 1.10 bits per heavy atom. The Morgan fingerprint density at radius 2 is 1.76 bits per heavy atom. The van der Waals surface area contributed by atoms with Crippen LogP contribution in [0, 0.1) is 6.92 Å². The van der Waals surface area contributed by atoms with E-state index >= 15 is 0 Å². The molecule has 0 saturated heterocycles. The van der Waals surface area contributed by atoms with Gasteiger partial charge < -0.3 is 14.6 Å². The van der Waals surface area contributed by atoms with E-state index < -0.39 is 11.8 Å². The van der Waals surface area contributed by atoms with Gasteiger partial charge in [0.05, 0.1) is 12.2 Å². The van der Waals surface area contributed by atoms with Crippen LogP contribution in [0.3, 0.4) is 0 Å². The Kier molecular flexibility index (Phi) is 7.21. The second kappa shape index (κ2) is 9.41. The summed E-state index contributed by atoms with van der Waals surface area (Å²) >= 11 is 0. The molecular formula is C24H28O5. The zero-order valence-corrected chi connectivity index (χ0v) is 17.6. The lowest BCUT2D eigenvalue weighted by atomic mass is 9.82. The SMILES string of the molecule is CCOC(=O)C(=O)C=C(O)c1cc(C(C)(C)C)c(C)cc1OCc1ccccc1. The fourth-order valence-electron chi connectivity index (χ4n) is 3.01. The summed E-state index contributed by atoms with van der Waals surface area (Å²) in [6, 6.07) is 13.3. The maximum Gasteiger partial charge on any atom is 0.379 e. The summed E-state index contributed by atoms with van der Waals surface area (Å²) < 4.78 is 10.7. The summed E-state index contributed by atoms with van der Waals surface area (Å²) in [6.45, 7) is 10.2. The Labute approximate surface area is 172 Å². The number of carbonyl (C=O) groups is 2. The highest BCUT2D eigenvalue weighted by molar-refractivity contribution is 6.39. The molecule has 0 fully saturated rings. The van der Waals surface area contributed by atoms with Crippen LogP contribution in [0.5, 0.6) is 5.75 Å². The van der Waals surface area contributed by atoms with Crippen molar-refractivity contribution < 1.29 is 24.2 Å². The van der Waals surface area contributed by atoms with E-state index in [1.165, 1.54) is 0 Å². The number of aliphatic hydroxyl groups is 1. The van der Waals surface area contributed by atoms with Crippen LogP contribution in [0.1, 0.15) is 49.9 Å². The number of esters is 1. The number of hydrogen-bond acceptors (Lipinski definition) is 5. The molecule has 0 bridgehead atoms. The summed E-state index contributed by atoms with van der Waals surface area (Å²) in [5, 5.41) is 10.6. The molecule has 0 atom stereocenters. The second-order valence-electron chi connectivity index (χ2n) is 7.80. The van der Waals surface area contributed by atoms with Gasteiger partial charge in [-0.05, 0) is 48.1 Å². The minimum Gasteiger partial charge on any atom is -0.507 e. The molecule has 1 N–H and O–H groups in total. The first-order valence-corrected chi connectivity index (χ1v) is 9.57. The molecule has 0 aliphatic carbocycles. The minimum atomic E-state index is -1.01. The first-order chi connectivity index (χ1) is 13.6. The average Bonchev–Trinajstić information content (AvgIpc) is 2.66. The van der Waals surface area contributed by atoms with Crippen LogP contribution in [-0.4, -0.2) is 23.5 Å². The molecule has 0 unspecified atom stereocenters. The number of ether oxygens (including phenoxy) is 2. The van der Waals surface area contributed by atoms with Crippen molar-refractivity contribution in [1.82, 2.24) is 0 Å². The first-order valence-electron chi connectivity index (χ1n) is 9.57. The first kappa shape index (κ1) is 22.2. The molecule has 2 aromatic rings. The molecule has 0 aliphatic heterocycles. The van der Waals surface area contributed by atoms with E-state index in [1.54, 1.807) is 13.0 Å². The fourth-order valence-corrected chi connectivity index (χ4v) is 3.01. The van der Waals surface area contributed by atoms with Crippen molar-refractivity contribution >= 4 is 17.5 Å². The zero-order chi connectivity index (χ0) is 21.6. The summed E-state index contributed by atoms with van der Waals surface area (Å²) in [4.78, 5) is 23.6. The molecule has 154 valence electrons. The molecular weight excluding hydrogens is 368 g/mol. The maximum atomic E-state index is 12.0. The summed E-state index contributed by atoms with van der Waals surface area (Å²) in [5.41, 5.74) is 3.16. The van der Waals surface area contributed by atoms with Crippen LogP contribution in [-0.2, 0) is 26.3 Å². The van der Waals surface area contributed by atoms with Crippen LogP contribution in [0.15, 0.2) is 48.5 Å². The Hall–Kier alpha value is -3.08. The van der Waals surface area contributed by atoms with Crippen molar-refractivity contribution in [3.63, 3.8) is 0 Å². The van der Waals surface area contributed by atoms with Gasteiger partial charge in [-0.25, -0.2) is 4.79 Å². The molecule has 2 aromatic carbocycles. The molecule has 5 nitrogen and oxygen atoms in total. The van der Waals surface area contributed by atoms with Crippen LogP contribution < -0.4 is 4.74 Å². The van der Waals surface area contributed by atoms with Gasteiger partial charge in [-0.1, -0.05) is 51.1 Å². The lowest BCUT2D eigenvalue weighted by molar-refractivity contribution is -0.151. The molecule has 2 rings (SSSR count). The standard InChI is InChI=1S/C24H28O5/c1-6-28-23(27)21(26)14-20(25)18-13-19(24(3,4)5)16(2)12-22(18)29-15-17-10-8-7-9-11-17/h7-14,25H,6,15H2,1-5H3. The maximum absolute atomic E-state index is 12.0. The van der Waals surface area contributed by atoms with Gasteiger partial charge in [0, 0.05) is 6.08 Å². The van der Waals surface area contributed by atoms with Gasteiger partial charge in [0.25, 0.3) is 5.78 Å². The lowest BCUT2D eigenvalue weighted by Gasteiger charge is -2.24. The average molecular weight is 396 g/mol. The lowest BCUT2D eigenvalue weighted by Crippen LogP contribution is -2.16. The summed E-state index contributed by atoms with van der Waals surface area (Å²) in [7, 11) is 0. The third kappa shape index (κ3) is 5.95. The van der Waals surface area contributed by atoms with Gasteiger partial charge in [0.1, 0.15) is 18.1 Å². The normalized spacial score (nSPS) is 11.8. The molecule has 0 saturated carbocycles.